The van der Waals surface area contributed by atoms with Crippen molar-refractivity contribution >= 4 is 0 Å². The highest BCUT2D eigenvalue weighted by molar-refractivity contribution is 5.63. The lowest BCUT2D eigenvalue weighted by molar-refractivity contribution is 0.325. The van der Waals surface area contributed by atoms with Gasteiger partial charge in [0.05, 0.1) is 25.1 Å². The minimum atomic E-state index is 0.456. The zero-order valence-electron chi connectivity index (χ0n) is 10.2. The Hall–Kier alpha value is -2.14. The van der Waals surface area contributed by atoms with Gasteiger partial charge in [-0.25, -0.2) is 9.97 Å². The highest BCUT2D eigenvalue weighted by Crippen LogP contribution is 2.26. The molecule has 2 N–H and O–H groups in total. The van der Waals surface area contributed by atoms with Crippen molar-refractivity contribution in [1.29, 1.82) is 0 Å². The number of rotatable bonds is 5. The summed E-state index contributed by atoms with van der Waals surface area (Å²) >= 11 is 0. The average molecular weight is 245 g/mol. The van der Waals surface area contributed by atoms with Crippen LogP contribution in [0.3, 0.4) is 0 Å². The predicted molar refractivity (Wildman–Crippen MR) is 68.6 cm³/mol. The molecule has 0 saturated carbocycles. The first kappa shape index (κ1) is 12.3. The van der Waals surface area contributed by atoms with Crippen molar-refractivity contribution in [2.75, 3.05) is 20.3 Å². The first-order valence-corrected chi connectivity index (χ1v) is 5.63. The maximum Gasteiger partial charge on any atom is 0.163 e. The monoisotopic (exact) mass is 245 g/mol. The van der Waals surface area contributed by atoms with Crippen molar-refractivity contribution in [2.24, 2.45) is 5.73 Å². The molecule has 0 amide bonds. The number of nitrogens with two attached hydrogens (primary N) is 1. The molecule has 0 aliphatic rings. The molecule has 5 nitrogen and oxygen atoms in total. The number of para-hydroxylation sites is 1. The molecule has 5 heteroatoms. The zero-order chi connectivity index (χ0) is 12.8. The van der Waals surface area contributed by atoms with Gasteiger partial charge in [0, 0.05) is 6.54 Å². The van der Waals surface area contributed by atoms with E-state index in [1.807, 2.05) is 24.3 Å². The fourth-order valence-corrected chi connectivity index (χ4v) is 1.54. The van der Waals surface area contributed by atoms with E-state index < -0.39 is 0 Å². The minimum Gasteiger partial charge on any atom is -0.496 e. The second-order valence-electron chi connectivity index (χ2n) is 3.58. The minimum absolute atomic E-state index is 0.456. The van der Waals surface area contributed by atoms with Gasteiger partial charge in [0.25, 0.3) is 0 Å². The van der Waals surface area contributed by atoms with Gasteiger partial charge in [-0.15, -0.1) is 0 Å². The first-order chi connectivity index (χ1) is 8.85. The van der Waals surface area contributed by atoms with Crippen LogP contribution in [0.25, 0.3) is 11.4 Å². The third-order valence-corrected chi connectivity index (χ3v) is 2.36. The Kier molecular flexibility index (Phi) is 4.09. The van der Waals surface area contributed by atoms with Crippen molar-refractivity contribution in [3.05, 3.63) is 36.7 Å². The molecule has 0 saturated heterocycles. The molecule has 18 heavy (non-hydrogen) atoms. The van der Waals surface area contributed by atoms with Crippen LogP contribution in [0.2, 0.25) is 0 Å². The Morgan fingerprint density at radius 3 is 2.56 bits per heavy atom. The maximum absolute atomic E-state index is 5.35. The van der Waals surface area contributed by atoms with Gasteiger partial charge in [0.15, 0.2) is 11.6 Å². The molecule has 0 aliphatic carbocycles. The molecule has 0 aliphatic heterocycles. The van der Waals surface area contributed by atoms with Gasteiger partial charge in [-0.1, -0.05) is 12.1 Å². The van der Waals surface area contributed by atoms with E-state index in [1.54, 1.807) is 19.5 Å². The van der Waals surface area contributed by atoms with E-state index in [4.69, 9.17) is 15.2 Å². The number of nitrogens with zero attached hydrogens (tertiary/aromatic N) is 2. The Morgan fingerprint density at radius 1 is 1.17 bits per heavy atom. The first-order valence-electron chi connectivity index (χ1n) is 5.63. The fourth-order valence-electron chi connectivity index (χ4n) is 1.54. The van der Waals surface area contributed by atoms with Crippen LogP contribution in [0.15, 0.2) is 36.7 Å². The summed E-state index contributed by atoms with van der Waals surface area (Å²) in [5.74, 6) is 1.96. The van der Waals surface area contributed by atoms with E-state index in [0.29, 0.717) is 24.7 Å². The summed E-state index contributed by atoms with van der Waals surface area (Å²) in [6, 6.07) is 7.60. The standard InChI is InChI=1S/C13H15N3O2/c1-17-12-5-3-2-4-11(12)13-15-8-10(9-16-13)18-7-6-14/h2-5,8-9H,6-7,14H2,1H3. The van der Waals surface area contributed by atoms with E-state index in [9.17, 15) is 0 Å². The normalized spacial score (nSPS) is 10.1. The molecular weight excluding hydrogens is 230 g/mol. The molecule has 0 bridgehead atoms. The summed E-state index contributed by atoms with van der Waals surface area (Å²) in [5.41, 5.74) is 6.21. The Labute approximate surface area is 106 Å². The van der Waals surface area contributed by atoms with E-state index in [0.717, 1.165) is 11.3 Å². The third kappa shape index (κ3) is 2.75. The van der Waals surface area contributed by atoms with Crippen LogP contribution in [0.5, 0.6) is 11.5 Å². The topological polar surface area (TPSA) is 70.3 Å². The van der Waals surface area contributed by atoms with E-state index in [2.05, 4.69) is 9.97 Å². The lowest BCUT2D eigenvalue weighted by Gasteiger charge is -2.07. The van der Waals surface area contributed by atoms with Gasteiger partial charge >= 0.3 is 0 Å². The lowest BCUT2D eigenvalue weighted by Crippen LogP contribution is -2.10. The molecule has 0 unspecified atom stereocenters. The van der Waals surface area contributed by atoms with Gasteiger partial charge in [0.1, 0.15) is 12.4 Å². The quantitative estimate of drug-likeness (QED) is 0.864. The molecule has 1 aromatic heterocycles. The third-order valence-electron chi connectivity index (χ3n) is 2.36. The molecule has 0 radical (unpaired) electrons. The predicted octanol–water partition coefficient (Wildman–Crippen LogP) is 1.49. The molecular formula is C13H15N3O2. The van der Waals surface area contributed by atoms with Crippen molar-refractivity contribution in [1.82, 2.24) is 9.97 Å². The van der Waals surface area contributed by atoms with Crippen molar-refractivity contribution in [3.63, 3.8) is 0 Å². The molecule has 0 atom stereocenters. The molecule has 1 heterocycles. The van der Waals surface area contributed by atoms with Crippen LogP contribution in [0.1, 0.15) is 0 Å². The number of hydrogen-bond donors (Lipinski definition) is 1. The van der Waals surface area contributed by atoms with Crippen LogP contribution >= 0.6 is 0 Å². The molecule has 0 spiro atoms. The largest absolute Gasteiger partial charge is 0.496 e. The number of methoxy groups -OCH3 is 1. The van der Waals surface area contributed by atoms with Crippen LogP contribution in [0, 0.1) is 0 Å². The van der Waals surface area contributed by atoms with Crippen molar-refractivity contribution in [3.8, 4) is 22.9 Å². The second-order valence-corrected chi connectivity index (χ2v) is 3.58. The molecule has 0 fully saturated rings. The Bertz CT molecular complexity index is 500. The van der Waals surface area contributed by atoms with E-state index in [1.165, 1.54) is 0 Å². The van der Waals surface area contributed by atoms with E-state index in [-0.39, 0.29) is 0 Å². The Morgan fingerprint density at radius 2 is 1.89 bits per heavy atom. The van der Waals surface area contributed by atoms with Crippen molar-refractivity contribution in [2.45, 2.75) is 0 Å². The van der Waals surface area contributed by atoms with Crippen LogP contribution in [0.4, 0.5) is 0 Å². The number of ether oxygens (including phenoxy) is 2. The lowest BCUT2D eigenvalue weighted by atomic mass is 10.2. The second kappa shape index (κ2) is 5.97. The maximum atomic E-state index is 5.35. The molecule has 2 rings (SSSR count). The van der Waals surface area contributed by atoms with Gasteiger partial charge in [0.2, 0.25) is 0 Å². The number of benzene rings is 1. The molecule has 2 aromatic rings. The van der Waals surface area contributed by atoms with Gasteiger partial charge in [-0.2, -0.15) is 0 Å². The number of aromatic nitrogens is 2. The summed E-state index contributed by atoms with van der Waals surface area (Å²) in [4.78, 5) is 8.51. The zero-order valence-corrected chi connectivity index (χ0v) is 10.2. The van der Waals surface area contributed by atoms with Crippen LogP contribution < -0.4 is 15.2 Å². The summed E-state index contributed by atoms with van der Waals surface area (Å²) in [5, 5.41) is 0. The highest BCUT2D eigenvalue weighted by atomic mass is 16.5. The number of hydrogen-bond acceptors (Lipinski definition) is 5. The summed E-state index contributed by atoms with van der Waals surface area (Å²) in [6.07, 6.45) is 3.26. The SMILES string of the molecule is COc1ccccc1-c1ncc(OCCN)cn1. The van der Waals surface area contributed by atoms with Gasteiger partial charge in [-0.3, -0.25) is 0 Å². The van der Waals surface area contributed by atoms with Crippen LogP contribution in [-0.4, -0.2) is 30.2 Å². The highest BCUT2D eigenvalue weighted by Gasteiger charge is 2.07. The average Bonchev–Trinajstić information content (AvgIpc) is 2.45. The van der Waals surface area contributed by atoms with E-state index >= 15 is 0 Å². The fraction of sp³-hybridized carbons (Fsp3) is 0.231. The smallest absolute Gasteiger partial charge is 0.163 e. The summed E-state index contributed by atoms with van der Waals surface area (Å²) < 4.78 is 10.6. The van der Waals surface area contributed by atoms with Gasteiger partial charge in [-0.05, 0) is 12.1 Å². The summed E-state index contributed by atoms with van der Waals surface area (Å²) in [7, 11) is 1.62. The van der Waals surface area contributed by atoms with Gasteiger partial charge < -0.3 is 15.2 Å². The molecule has 94 valence electrons. The Balaban J connectivity index is 2.23. The summed E-state index contributed by atoms with van der Waals surface area (Å²) in [6.45, 7) is 0.922. The molecule has 1 aromatic carbocycles. The van der Waals surface area contributed by atoms with Crippen LogP contribution in [-0.2, 0) is 0 Å². The van der Waals surface area contributed by atoms with Crippen molar-refractivity contribution < 1.29 is 9.47 Å².